The molecule has 0 aliphatic heterocycles. The van der Waals surface area contributed by atoms with Gasteiger partial charge in [0.2, 0.25) is 0 Å². The monoisotopic (exact) mass is 275 g/mol. The van der Waals surface area contributed by atoms with Crippen molar-refractivity contribution in [1.82, 2.24) is 4.98 Å². The Kier molecular flexibility index (Phi) is 2.60. The van der Waals surface area contributed by atoms with Gasteiger partial charge in [-0.2, -0.15) is 0 Å². The van der Waals surface area contributed by atoms with E-state index in [0.717, 1.165) is 10.9 Å². The van der Waals surface area contributed by atoms with E-state index in [1.807, 2.05) is 0 Å². The van der Waals surface area contributed by atoms with Crippen molar-refractivity contribution < 1.29 is 8.78 Å². The zero-order chi connectivity index (χ0) is 10.1. The van der Waals surface area contributed by atoms with Gasteiger partial charge < -0.3 is 0 Å². The van der Waals surface area contributed by atoms with Gasteiger partial charge in [-0.25, -0.2) is 13.8 Å². The number of rotatable bonds is 1. The van der Waals surface area contributed by atoms with E-state index in [1.54, 1.807) is 6.20 Å². The average Bonchev–Trinajstić information content (AvgIpc) is 2.50. The van der Waals surface area contributed by atoms with Crippen molar-refractivity contribution in [1.29, 1.82) is 0 Å². The molecule has 0 spiro atoms. The number of benzene rings is 1. The van der Waals surface area contributed by atoms with Crippen LogP contribution in [0.25, 0.3) is 10.4 Å². The van der Waals surface area contributed by atoms with Crippen LogP contribution < -0.4 is 0 Å². The lowest BCUT2D eigenvalue weighted by Crippen LogP contribution is -1.81. The van der Waals surface area contributed by atoms with E-state index in [0.29, 0.717) is 9.48 Å². The first-order valence-corrected chi connectivity index (χ1v) is 5.34. The van der Waals surface area contributed by atoms with E-state index < -0.39 is 11.6 Å². The van der Waals surface area contributed by atoms with Gasteiger partial charge in [-0.1, -0.05) is 0 Å². The summed E-state index contributed by atoms with van der Waals surface area (Å²) in [6.07, 6.45) is 1.57. The van der Waals surface area contributed by atoms with Gasteiger partial charge in [0.25, 0.3) is 0 Å². The van der Waals surface area contributed by atoms with Crippen LogP contribution in [0.3, 0.4) is 0 Å². The van der Waals surface area contributed by atoms with Gasteiger partial charge in [-0.15, -0.1) is 11.3 Å². The van der Waals surface area contributed by atoms with Gasteiger partial charge in [0.1, 0.15) is 11.6 Å². The molecule has 0 fully saturated rings. The third kappa shape index (κ3) is 1.99. The van der Waals surface area contributed by atoms with Crippen LogP contribution in [0.1, 0.15) is 0 Å². The maximum absolute atomic E-state index is 12.9. The molecule has 1 aromatic heterocycles. The highest BCUT2D eigenvalue weighted by Crippen LogP contribution is 2.29. The average molecular weight is 276 g/mol. The summed E-state index contributed by atoms with van der Waals surface area (Å²) in [6.45, 7) is 0. The fraction of sp³-hybridized carbons (Fsp3) is 0. The lowest BCUT2D eigenvalue weighted by molar-refractivity contribution is 0.584. The molecule has 0 amide bonds. The molecule has 1 heterocycles. The van der Waals surface area contributed by atoms with Crippen LogP contribution in [0, 0.1) is 11.6 Å². The van der Waals surface area contributed by atoms with Gasteiger partial charge in [0.05, 0.1) is 4.88 Å². The molecule has 2 aromatic rings. The Morgan fingerprint density at radius 1 is 1.14 bits per heavy atom. The minimum Gasteiger partial charge on any atom is -0.237 e. The van der Waals surface area contributed by atoms with E-state index in [-0.39, 0.29) is 0 Å². The molecule has 72 valence electrons. The molecule has 1 nitrogen and oxygen atoms in total. The highest BCUT2D eigenvalue weighted by molar-refractivity contribution is 9.11. The highest BCUT2D eigenvalue weighted by atomic mass is 79.9. The molecule has 0 saturated heterocycles. The molecule has 0 radical (unpaired) electrons. The molecule has 2 rings (SSSR count). The molecule has 0 aliphatic carbocycles. The van der Waals surface area contributed by atoms with Crippen LogP contribution in [0.2, 0.25) is 0 Å². The van der Waals surface area contributed by atoms with Crippen molar-refractivity contribution in [2.24, 2.45) is 0 Å². The van der Waals surface area contributed by atoms with Crippen LogP contribution in [-0.2, 0) is 0 Å². The zero-order valence-corrected chi connectivity index (χ0v) is 9.20. The van der Waals surface area contributed by atoms with Crippen LogP contribution in [-0.4, -0.2) is 4.98 Å². The second-order valence-electron chi connectivity index (χ2n) is 2.64. The Morgan fingerprint density at radius 3 is 2.29 bits per heavy atom. The third-order valence-corrected chi connectivity index (χ3v) is 3.15. The van der Waals surface area contributed by atoms with Crippen LogP contribution >= 0.6 is 27.3 Å². The number of aromatic nitrogens is 1. The Morgan fingerprint density at radius 2 is 1.79 bits per heavy atom. The Balaban J connectivity index is 2.51. The number of hydrogen-bond donors (Lipinski definition) is 0. The molecule has 5 heteroatoms. The molecule has 0 N–H and O–H groups in total. The molecule has 0 saturated carbocycles. The fourth-order valence-corrected chi connectivity index (χ4v) is 2.34. The largest absolute Gasteiger partial charge is 0.237 e. The maximum Gasteiger partial charge on any atom is 0.159 e. The molecule has 0 unspecified atom stereocenters. The van der Waals surface area contributed by atoms with E-state index in [4.69, 9.17) is 0 Å². The molecular weight excluding hydrogens is 272 g/mol. The summed E-state index contributed by atoms with van der Waals surface area (Å²) in [5.74, 6) is -1.16. The Hall–Kier alpha value is -0.810. The molecular formula is C9H4BrF2NS. The smallest absolute Gasteiger partial charge is 0.159 e. The number of nitrogens with zero attached hydrogens (tertiary/aromatic N) is 1. The standard InChI is InChI=1S/C9H4BrF2NS/c10-9-13-4-8(14-9)5-1-6(11)3-7(12)2-5/h1-4H. The second-order valence-corrected chi connectivity index (χ2v) is 4.94. The summed E-state index contributed by atoms with van der Waals surface area (Å²) >= 11 is 4.52. The number of halogens is 3. The number of hydrogen-bond acceptors (Lipinski definition) is 2. The summed E-state index contributed by atoms with van der Waals surface area (Å²) in [7, 11) is 0. The first kappa shape index (κ1) is 9.73. The van der Waals surface area contributed by atoms with Crippen molar-refractivity contribution >= 4 is 27.3 Å². The highest BCUT2D eigenvalue weighted by Gasteiger charge is 2.05. The van der Waals surface area contributed by atoms with Crippen molar-refractivity contribution in [3.05, 3.63) is 39.9 Å². The second kappa shape index (κ2) is 3.74. The normalized spacial score (nSPS) is 10.5. The van der Waals surface area contributed by atoms with Crippen LogP contribution in [0.5, 0.6) is 0 Å². The van der Waals surface area contributed by atoms with Gasteiger partial charge in [-0.05, 0) is 33.6 Å². The van der Waals surface area contributed by atoms with Gasteiger partial charge >= 0.3 is 0 Å². The van der Waals surface area contributed by atoms with E-state index in [1.165, 1.54) is 23.5 Å². The molecule has 0 atom stereocenters. The fourth-order valence-electron chi connectivity index (χ4n) is 1.08. The first-order valence-electron chi connectivity index (χ1n) is 3.73. The van der Waals surface area contributed by atoms with Crippen molar-refractivity contribution in [3.8, 4) is 10.4 Å². The van der Waals surface area contributed by atoms with Crippen LogP contribution in [0.15, 0.2) is 28.3 Å². The van der Waals surface area contributed by atoms with Gasteiger partial charge in [0.15, 0.2) is 3.92 Å². The molecule has 0 bridgehead atoms. The van der Waals surface area contributed by atoms with Gasteiger partial charge in [0, 0.05) is 12.3 Å². The van der Waals surface area contributed by atoms with E-state index >= 15 is 0 Å². The molecule has 0 aliphatic rings. The molecule has 1 aromatic carbocycles. The summed E-state index contributed by atoms with van der Waals surface area (Å²) in [6, 6.07) is 3.41. The Labute approximate surface area is 91.5 Å². The SMILES string of the molecule is Fc1cc(F)cc(-c2cnc(Br)s2)c1. The summed E-state index contributed by atoms with van der Waals surface area (Å²) in [5, 5.41) is 0. The lowest BCUT2D eigenvalue weighted by Gasteiger charge is -1.97. The summed E-state index contributed by atoms with van der Waals surface area (Å²) < 4.78 is 26.4. The van der Waals surface area contributed by atoms with Crippen molar-refractivity contribution in [2.45, 2.75) is 0 Å². The quantitative estimate of drug-likeness (QED) is 0.771. The maximum atomic E-state index is 12.9. The summed E-state index contributed by atoms with van der Waals surface area (Å²) in [4.78, 5) is 4.67. The third-order valence-electron chi connectivity index (χ3n) is 1.62. The van der Waals surface area contributed by atoms with E-state index in [9.17, 15) is 8.78 Å². The van der Waals surface area contributed by atoms with E-state index in [2.05, 4.69) is 20.9 Å². The predicted octanol–water partition coefficient (Wildman–Crippen LogP) is 3.85. The van der Waals surface area contributed by atoms with Gasteiger partial charge in [-0.3, -0.25) is 0 Å². The van der Waals surface area contributed by atoms with Crippen molar-refractivity contribution in [2.75, 3.05) is 0 Å². The minimum absolute atomic E-state index is 0.505. The minimum atomic E-state index is -0.579. The van der Waals surface area contributed by atoms with Crippen molar-refractivity contribution in [3.63, 3.8) is 0 Å². The number of thiazole rings is 1. The lowest BCUT2D eigenvalue weighted by atomic mass is 10.2. The zero-order valence-electron chi connectivity index (χ0n) is 6.80. The molecule has 14 heavy (non-hydrogen) atoms. The summed E-state index contributed by atoms with van der Waals surface area (Å²) in [5.41, 5.74) is 0.505. The first-order chi connectivity index (χ1) is 6.65. The predicted molar refractivity (Wildman–Crippen MR) is 55.2 cm³/mol. The van der Waals surface area contributed by atoms with Crippen LogP contribution in [0.4, 0.5) is 8.78 Å². The topological polar surface area (TPSA) is 12.9 Å². The Bertz CT molecular complexity index is 449.